The van der Waals surface area contributed by atoms with Crippen LogP contribution in [0.3, 0.4) is 0 Å². The van der Waals surface area contributed by atoms with Gasteiger partial charge in [0, 0.05) is 23.6 Å². The maximum absolute atomic E-state index is 12.5. The standard InChI is InChI=1S/C36H33Cl2N3O4/c1-23-31(20-41-22-40-33(37)34(41)38)44-36(45-32(23)27-12-10-24(21-42)11-13-27)29-16-14-26(15-17-29)30-9-5-6-25(18-30)19-39-35(43)28-7-3-2-4-8-28/h2-18,22-23,31-32,36,42H,19-21H2,1H3,(H,39,43)/t23-,31+,32+,36+/m0/s1. The molecular weight excluding hydrogens is 609 g/mol. The number of hydrogen-bond acceptors (Lipinski definition) is 5. The van der Waals surface area contributed by atoms with Gasteiger partial charge >= 0.3 is 0 Å². The van der Waals surface area contributed by atoms with E-state index in [2.05, 4.69) is 29.4 Å². The predicted octanol–water partition coefficient (Wildman–Crippen LogP) is 7.77. The van der Waals surface area contributed by atoms with Gasteiger partial charge in [-0.2, -0.15) is 0 Å². The van der Waals surface area contributed by atoms with Gasteiger partial charge in [-0.25, -0.2) is 4.98 Å². The van der Waals surface area contributed by atoms with Crippen molar-refractivity contribution in [2.24, 2.45) is 5.92 Å². The lowest BCUT2D eigenvalue weighted by Gasteiger charge is -2.41. The minimum Gasteiger partial charge on any atom is -0.392 e. The van der Waals surface area contributed by atoms with Crippen LogP contribution in [0.4, 0.5) is 0 Å². The molecule has 230 valence electrons. The zero-order valence-electron chi connectivity index (χ0n) is 24.6. The Bertz CT molecular complexity index is 1740. The van der Waals surface area contributed by atoms with Gasteiger partial charge in [-0.05, 0) is 46.0 Å². The number of benzene rings is 4. The molecule has 4 atom stereocenters. The second-order valence-electron chi connectivity index (χ2n) is 11.2. The van der Waals surface area contributed by atoms with Crippen LogP contribution in [-0.4, -0.2) is 26.7 Å². The Morgan fingerprint density at radius 1 is 0.867 bits per heavy atom. The first-order valence-electron chi connectivity index (χ1n) is 14.8. The smallest absolute Gasteiger partial charge is 0.251 e. The summed E-state index contributed by atoms with van der Waals surface area (Å²) in [5.74, 6) is -0.130. The van der Waals surface area contributed by atoms with E-state index < -0.39 is 6.29 Å². The van der Waals surface area contributed by atoms with Crippen LogP contribution in [-0.2, 0) is 29.2 Å². The first kappa shape index (κ1) is 31.0. The zero-order chi connectivity index (χ0) is 31.3. The molecule has 0 unspecified atom stereocenters. The van der Waals surface area contributed by atoms with Gasteiger partial charge in [0.15, 0.2) is 11.4 Å². The summed E-state index contributed by atoms with van der Waals surface area (Å²) in [6, 6.07) is 33.3. The van der Waals surface area contributed by atoms with E-state index in [0.717, 1.165) is 33.4 Å². The number of ether oxygens (including phenoxy) is 2. The van der Waals surface area contributed by atoms with Crippen LogP contribution in [0.25, 0.3) is 11.1 Å². The van der Waals surface area contributed by atoms with Crippen molar-refractivity contribution in [2.75, 3.05) is 0 Å². The molecule has 4 aromatic carbocycles. The molecule has 0 spiro atoms. The fourth-order valence-electron chi connectivity index (χ4n) is 5.56. The summed E-state index contributed by atoms with van der Waals surface area (Å²) in [5, 5.41) is 13.1. The number of aliphatic hydroxyl groups is 1. The van der Waals surface area contributed by atoms with E-state index in [1.54, 1.807) is 23.0 Å². The van der Waals surface area contributed by atoms with Gasteiger partial charge in [-0.1, -0.05) is 115 Å². The molecule has 7 nitrogen and oxygen atoms in total. The molecule has 1 saturated heterocycles. The second-order valence-corrected chi connectivity index (χ2v) is 11.9. The maximum atomic E-state index is 12.5. The minimum atomic E-state index is -0.625. The van der Waals surface area contributed by atoms with Crippen LogP contribution < -0.4 is 5.32 Å². The van der Waals surface area contributed by atoms with Crippen molar-refractivity contribution in [1.29, 1.82) is 0 Å². The molecule has 45 heavy (non-hydrogen) atoms. The lowest BCUT2D eigenvalue weighted by atomic mass is 9.90. The van der Waals surface area contributed by atoms with Crippen LogP contribution in [0.5, 0.6) is 0 Å². The number of carbonyl (C=O) groups is 1. The number of imidazole rings is 1. The number of halogens is 2. The van der Waals surface area contributed by atoms with E-state index in [9.17, 15) is 9.90 Å². The maximum Gasteiger partial charge on any atom is 0.251 e. The average molecular weight is 643 g/mol. The van der Waals surface area contributed by atoms with E-state index in [4.69, 9.17) is 32.7 Å². The van der Waals surface area contributed by atoms with Crippen molar-refractivity contribution in [3.05, 3.63) is 148 Å². The van der Waals surface area contributed by atoms with Gasteiger partial charge in [0.2, 0.25) is 0 Å². The topological polar surface area (TPSA) is 85.6 Å². The molecule has 1 fully saturated rings. The number of aliphatic hydroxyl groups excluding tert-OH is 1. The average Bonchev–Trinajstić information content (AvgIpc) is 3.41. The summed E-state index contributed by atoms with van der Waals surface area (Å²) >= 11 is 12.5. The first-order valence-corrected chi connectivity index (χ1v) is 15.5. The Kier molecular flexibility index (Phi) is 9.64. The molecular formula is C36H33Cl2N3O4. The quantitative estimate of drug-likeness (QED) is 0.172. The molecule has 5 aromatic rings. The molecule has 1 aliphatic heterocycles. The molecule has 0 aliphatic carbocycles. The SMILES string of the molecule is C[C@H]1[C@@H](Cn2cnc(Cl)c2Cl)O[C@@H](c2ccc(-c3cccc(CNC(=O)c4ccccc4)c3)cc2)O[C@H]1c1ccc(CO)cc1. The second kappa shape index (κ2) is 14.0. The van der Waals surface area contributed by atoms with E-state index in [-0.39, 0.29) is 35.8 Å². The predicted molar refractivity (Wildman–Crippen MR) is 175 cm³/mol. The minimum absolute atomic E-state index is 0.0206. The Balaban J connectivity index is 1.20. The monoisotopic (exact) mass is 641 g/mol. The molecule has 1 amide bonds. The Labute approximate surface area is 272 Å². The summed E-state index contributed by atoms with van der Waals surface area (Å²) in [6.07, 6.45) is 0.477. The highest BCUT2D eigenvalue weighted by atomic mass is 35.5. The van der Waals surface area contributed by atoms with Crippen molar-refractivity contribution in [3.8, 4) is 11.1 Å². The third kappa shape index (κ3) is 7.14. The van der Waals surface area contributed by atoms with Crippen molar-refractivity contribution < 1.29 is 19.4 Å². The molecule has 2 heterocycles. The summed E-state index contributed by atoms with van der Waals surface area (Å²) in [5.41, 5.74) is 6.43. The summed E-state index contributed by atoms with van der Waals surface area (Å²) in [6.45, 7) is 2.95. The number of rotatable bonds is 9. The van der Waals surface area contributed by atoms with Crippen molar-refractivity contribution >= 4 is 29.1 Å². The van der Waals surface area contributed by atoms with Crippen LogP contribution in [0, 0.1) is 5.92 Å². The van der Waals surface area contributed by atoms with Crippen molar-refractivity contribution in [1.82, 2.24) is 14.9 Å². The Morgan fingerprint density at radius 3 is 2.29 bits per heavy atom. The number of carbonyl (C=O) groups excluding carboxylic acids is 1. The van der Waals surface area contributed by atoms with Gasteiger partial charge in [0.05, 0.1) is 31.7 Å². The third-order valence-corrected chi connectivity index (χ3v) is 8.93. The fraction of sp³-hybridized carbons (Fsp3) is 0.222. The molecule has 0 bridgehead atoms. The molecule has 6 rings (SSSR count). The van der Waals surface area contributed by atoms with Gasteiger partial charge in [0.1, 0.15) is 5.15 Å². The number of amides is 1. The largest absolute Gasteiger partial charge is 0.392 e. The van der Waals surface area contributed by atoms with Crippen LogP contribution >= 0.6 is 23.2 Å². The van der Waals surface area contributed by atoms with Gasteiger partial charge in [-0.3, -0.25) is 4.79 Å². The number of nitrogens with one attached hydrogen (secondary N) is 1. The van der Waals surface area contributed by atoms with Crippen LogP contribution in [0.15, 0.2) is 109 Å². The summed E-state index contributed by atoms with van der Waals surface area (Å²) < 4.78 is 14.9. The summed E-state index contributed by atoms with van der Waals surface area (Å²) in [4.78, 5) is 16.6. The highest BCUT2D eigenvalue weighted by molar-refractivity contribution is 6.40. The number of nitrogens with zero attached hydrogens (tertiary/aromatic N) is 2. The first-order chi connectivity index (χ1) is 21.9. The lowest BCUT2D eigenvalue weighted by molar-refractivity contribution is -0.276. The van der Waals surface area contributed by atoms with Gasteiger partial charge in [0.25, 0.3) is 5.91 Å². The van der Waals surface area contributed by atoms with E-state index in [1.807, 2.05) is 78.9 Å². The molecule has 0 radical (unpaired) electrons. The lowest BCUT2D eigenvalue weighted by Crippen LogP contribution is -2.39. The zero-order valence-corrected chi connectivity index (χ0v) is 26.2. The van der Waals surface area contributed by atoms with Crippen LogP contribution in [0.1, 0.15) is 51.9 Å². The number of aromatic nitrogens is 2. The molecule has 1 aromatic heterocycles. The van der Waals surface area contributed by atoms with Crippen LogP contribution in [0.2, 0.25) is 10.3 Å². The van der Waals surface area contributed by atoms with Crippen molar-refractivity contribution in [2.45, 2.75) is 45.1 Å². The van der Waals surface area contributed by atoms with Gasteiger partial charge in [-0.15, -0.1) is 0 Å². The number of hydrogen-bond donors (Lipinski definition) is 2. The van der Waals surface area contributed by atoms with E-state index in [1.165, 1.54) is 0 Å². The molecule has 2 N–H and O–H groups in total. The normalized spacial score (nSPS) is 19.7. The highest BCUT2D eigenvalue weighted by Gasteiger charge is 2.38. The third-order valence-electron chi connectivity index (χ3n) is 8.17. The van der Waals surface area contributed by atoms with E-state index in [0.29, 0.717) is 23.8 Å². The van der Waals surface area contributed by atoms with Crippen molar-refractivity contribution in [3.63, 3.8) is 0 Å². The summed E-state index contributed by atoms with van der Waals surface area (Å²) in [7, 11) is 0. The molecule has 1 aliphatic rings. The Hall–Kier alpha value is -3.98. The highest BCUT2D eigenvalue weighted by Crippen LogP contribution is 2.42. The van der Waals surface area contributed by atoms with Gasteiger partial charge < -0.3 is 24.5 Å². The van der Waals surface area contributed by atoms with E-state index >= 15 is 0 Å². The molecule has 9 heteroatoms. The molecule has 0 saturated carbocycles. The fourth-order valence-corrected chi connectivity index (χ4v) is 5.87. The Morgan fingerprint density at radius 2 is 1.60 bits per heavy atom.